The van der Waals surface area contributed by atoms with Crippen molar-refractivity contribution >= 4 is 49.9 Å². The SMILES string of the molecule is c1ccc(-c2ccc(-c3cccc(N(c4cccc(-c5ccccc5)c4)c4cc5ccccc5c5oc6cccnc6c45)c3)cc2)cc1. The lowest BCUT2D eigenvalue weighted by Gasteiger charge is -2.27. The average Bonchev–Trinajstić information content (AvgIpc) is 3.56. The number of hydrogen-bond acceptors (Lipinski definition) is 3. The lowest BCUT2D eigenvalue weighted by Crippen LogP contribution is -2.11. The van der Waals surface area contributed by atoms with Gasteiger partial charge in [0.25, 0.3) is 0 Å². The Morgan fingerprint density at radius 1 is 0.438 bits per heavy atom. The van der Waals surface area contributed by atoms with Gasteiger partial charge in [-0.25, -0.2) is 0 Å². The van der Waals surface area contributed by atoms with Crippen LogP contribution < -0.4 is 4.90 Å². The van der Waals surface area contributed by atoms with Crippen LogP contribution in [0.15, 0.2) is 187 Å². The van der Waals surface area contributed by atoms with Crippen molar-refractivity contribution in [1.82, 2.24) is 4.98 Å². The highest BCUT2D eigenvalue weighted by Gasteiger charge is 2.23. The molecule has 2 heterocycles. The van der Waals surface area contributed by atoms with Gasteiger partial charge in [-0.3, -0.25) is 4.98 Å². The molecule has 226 valence electrons. The number of pyridine rings is 1. The molecule has 3 nitrogen and oxygen atoms in total. The van der Waals surface area contributed by atoms with E-state index >= 15 is 0 Å². The van der Waals surface area contributed by atoms with Crippen LogP contribution in [-0.4, -0.2) is 4.98 Å². The second kappa shape index (κ2) is 11.7. The van der Waals surface area contributed by atoms with Gasteiger partial charge in [-0.15, -0.1) is 0 Å². The number of benzene rings is 7. The zero-order valence-electron chi connectivity index (χ0n) is 26.1. The second-order valence-corrected chi connectivity index (χ2v) is 12.0. The molecule has 0 atom stereocenters. The van der Waals surface area contributed by atoms with Gasteiger partial charge in [-0.2, -0.15) is 0 Å². The third kappa shape index (κ3) is 4.90. The summed E-state index contributed by atoms with van der Waals surface area (Å²) in [6.45, 7) is 0. The lowest BCUT2D eigenvalue weighted by atomic mass is 9.99. The zero-order chi connectivity index (χ0) is 31.9. The Morgan fingerprint density at radius 2 is 0.979 bits per heavy atom. The zero-order valence-corrected chi connectivity index (χ0v) is 26.1. The molecule has 0 bridgehead atoms. The number of rotatable bonds is 6. The Balaban J connectivity index is 1.27. The van der Waals surface area contributed by atoms with E-state index in [1.54, 1.807) is 0 Å². The van der Waals surface area contributed by atoms with Crippen LogP contribution in [0, 0.1) is 0 Å². The maximum absolute atomic E-state index is 6.57. The normalized spacial score (nSPS) is 11.3. The summed E-state index contributed by atoms with van der Waals surface area (Å²) in [5.74, 6) is 0. The molecule has 2 aromatic heterocycles. The third-order valence-corrected chi connectivity index (χ3v) is 9.08. The van der Waals surface area contributed by atoms with Gasteiger partial charge in [0.2, 0.25) is 0 Å². The molecular weight excluding hydrogens is 585 g/mol. The van der Waals surface area contributed by atoms with E-state index < -0.39 is 0 Å². The highest BCUT2D eigenvalue weighted by Crippen LogP contribution is 2.46. The van der Waals surface area contributed by atoms with Crippen molar-refractivity contribution in [1.29, 1.82) is 0 Å². The standard InChI is InChI=1S/C45H30N2O/c1-3-12-31(13-4-1)33-23-25-34(26-24-33)36-18-10-20-39(29-36)47(38-19-9-17-35(28-38)32-14-5-2-6-15-32)41-30-37-16-7-8-21-40(37)45-43(41)44-42(48-45)22-11-27-46-44/h1-30H. The van der Waals surface area contributed by atoms with Crippen molar-refractivity contribution in [2.45, 2.75) is 0 Å². The van der Waals surface area contributed by atoms with E-state index in [2.05, 4.69) is 169 Å². The summed E-state index contributed by atoms with van der Waals surface area (Å²) in [5, 5.41) is 3.17. The number of anilines is 3. The van der Waals surface area contributed by atoms with Crippen molar-refractivity contribution in [3.63, 3.8) is 0 Å². The predicted molar refractivity (Wildman–Crippen MR) is 200 cm³/mol. The molecule has 9 aromatic rings. The van der Waals surface area contributed by atoms with Crippen LogP contribution in [0.4, 0.5) is 17.1 Å². The van der Waals surface area contributed by atoms with Crippen LogP contribution in [0.5, 0.6) is 0 Å². The fourth-order valence-electron chi connectivity index (χ4n) is 6.77. The Labute approximate surface area is 279 Å². The molecule has 0 amide bonds. The van der Waals surface area contributed by atoms with Crippen LogP contribution >= 0.6 is 0 Å². The first kappa shape index (κ1) is 27.8. The molecule has 0 N–H and O–H groups in total. The quantitative estimate of drug-likeness (QED) is 0.187. The second-order valence-electron chi connectivity index (χ2n) is 12.0. The minimum atomic E-state index is 0.773. The first-order valence-electron chi connectivity index (χ1n) is 16.2. The van der Waals surface area contributed by atoms with Gasteiger partial charge in [0.1, 0.15) is 11.1 Å². The van der Waals surface area contributed by atoms with Gasteiger partial charge in [-0.05, 0) is 81.2 Å². The number of nitrogens with zero attached hydrogens (tertiary/aromatic N) is 2. The van der Waals surface area contributed by atoms with Crippen LogP contribution in [0.3, 0.4) is 0 Å². The summed E-state index contributed by atoms with van der Waals surface area (Å²) in [5.41, 5.74) is 12.6. The molecule has 48 heavy (non-hydrogen) atoms. The maximum atomic E-state index is 6.57. The summed E-state index contributed by atoms with van der Waals surface area (Å²) in [7, 11) is 0. The Bertz CT molecular complexity index is 2550. The highest BCUT2D eigenvalue weighted by atomic mass is 16.3. The highest BCUT2D eigenvalue weighted by molar-refractivity contribution is 6.20. The molecular formula is C45H30N2O. The van der Waals surface area contributed by atoms with E-state index in [0.29, 0.717) is 0 Å². The minimum Gasteiger partial charge on any atom is -0.454 e. The molecule has 0 unspecified atom stereocenters. The van der Waals surface area contributed by atoms with E-state index in [1.807, 2.05) is 18.3 Å². The Hall–Kier alpha value is -6.45. The van der Waals surface area contributed by atoms with Crippen LogP contribution in [0.2, 0.25) is 0 Å². The monoisotopic (exact) mass is 614 g/mol. The fourth-order valence-corrected chi connectivity index (χ4v) is 6.77. The van der Waals surface area contributed by atoms with Crippen LogP contribution in [-0.2, 0) is 0 Å². The number of hydrogen-bond donors (Lipinski definition) is 0. The van der Waals surface area contributed by atoms with E-state index in [0.717, 1.165) is 66.6 Å². The van der Waals surface area contributed by atoms with E-state index in [4.69, 9.17) is 9.40 Å². The molecule has 7 aromatic carbocycles. The van der Waals surface area contributed by atoms with E-state index in [9.17, 15) is 0 Å². The average molecular weight is 615 g/mol. The molecule has 0 aliphatic rings. The summed E-state index contributed by atoms with van der Waals surface area (Å²) in [6.07, 6.45) is 1.84. The molecule has 0 aliphatic carbocycles. The predicted octanol–water partition coefficient (Wildman–Crippen LogP) is 12.6. The van der Waals surface area contributed by atoms with Crippen molar-refractivity contribution in [3.05, 3.63) is 182 Å². The summed E-state index contributed by atoms with van der Waals surface area (Å²) in [4.78, 5) is 7.20. The minimum absolute atomic E-state index is 0.773. The number of aromatic nitrogens is 1. The van der Waals surface area contributed by atoms with Crippen molar-refractivity contribution < 1.29 is 4.42 Å². The Morgan fingerprint density at radius 3 is 1.65 bits per heavy atom. The lowest BCUT2D eigenvalue weighted by molar-refractivity contribution is 0.672. The van der Waals surface area contributed by atoms with E-state index in [1.165, 1.54) is 16.7 Å². The summed E-state index contributed by atoms with van der Waals surface area (Å²) >= 11 is 0. The largest absolute Gasteiger partial charge is 0.454 e. The first-order valence-corrected chi connectivity index (χ1v) is 16.2. The third-order valence-electron chi connectivity index (χ3n) is 9.08. The van der Waals surface area contributed by atoms with E-state index in [-0.39, 0.29) is 0 Å². The Kier molecular flexibility index (Phi) is 6.80. The molecule has 0 saturated heterocycles. The molecule has 0 fully saturated rings. The van der Waals surface area contributed by atoms with Crippen molar-refractivity contribution in [2.75, 3.05) is 4.90 Å². The molecule has 0 radical (unpaired) electrons. The van der Waals surface area contributed by atoms with Crippen LogP contribution in [0.25, 0.3) is 66.2 Å². The fraction of sp³-hybridized carbons (Fsp3) is 0. The number of fused-ring (bicyclic) bond motifs is 5. The van der Waals surface area contributed by atoms with Gasteiger partial charge in [-0.1, -0.05) is 133 Å². The molecule has 0 aliphatic heterocycles. The number of furan rings is 1. The van der Waals surface area contributed by atoms with Gasteiger partial charge in [0.05, 0.1) is 11.1 Å². The molecule has 0 saturated carbocycles. The summed E-state index contributed by atoms with van der Waals surface area (Å²) in [6, 6.07) is 62.1. The van der Waals surface area contributed by atoms with Crippen molar-refractivity contribution in [2.24, 2.45) is 0 Å². The maximum Gasteiger partial charge on any atom is 0.153 e. The van der Waals surface area contributed by atoms with Crippen molar-refractivity contribution in [3.8, 4) is 33.4 Å². The van der Waals surface area contributed by atoms with Gasteiger partial charge in [0, 0.05) is 23.0 Å². The molecule has 9 rings (SSSR count). The van der Waals surface area contributed by atoms with Gasteiger partial charge < -0.3 is 9.32 Å². The first-order chi connectivity index (χ1) is 23.8. The summed E-state index contributed by atoms with van der Waals surface area (Å²) < 4.78 is 6.57. The topological polar surface area (TPSA) is 29.3 Å². The van der Waals surface area contributed by atoms with Gasteiger partial charge >= 0.3 is 0 Å². The van der Waals surface area contributed by atoms with Crippen LogP contribution in [0.1, 0.15) is 0 Å². The molecule has 3 heteroatoms. The smallest absolute Gasteiger partial charge is 0.153 e. The van der Waals surface area contributed by atoms with Gasteiger partial charge in [0.15, 0.2) is 5.58 Å². The molecule has 0 spiro atoms.